The van der Waals surface area contributed by atoms with Gasteiger partial charge in [-0.3, -0.25) is 0 Å². The second-order valence-corrected chi connectivity index (χ2v) is 4.00. The summed E-state index contributed by atoms with van der Waals surface area (Å²) in [4.78, 5) is 0. The fraction of sp³-hybridized carbons (Fsp3) is 1.00. The maximum Gasteiger partial charge on any atom is 0.350 e. The minimum atomic E-state index is -4.61. The summed E-state index contributed by atoms with van der Waals surface area (Å²) in [7, 11) is -3.31. The van der Waals surface area contributed by atoms with Gasteiger partial charge in [0.15, 0.2) is 0 Å². The summed E-state index contributed by atoms with van der Waals surface area (Å²) < 4.78 is 50.2. The first-order chi connectivity index (χ1) is 5.90. The van der Waals surface area contributed by atoms with Crippen LogP contribution in [-0.2, 0) is 14.8 Å². The number of halogens is 2. The van der Waals surface area contributed by atoms with E-state index in [1.807, 2.05) is 0 Å². The summed E-state index contributed by atoms with van der Waals surface area (Å²) in [5.41, 5.74) is 0. The molecule has 8 heteroatoms. The maximum absolute atomic E-state index is 11.7. The highest BCUT2D eigenvalue weighted by Crippen LogP contribution is 2.01. The molecule has 5 nitrogen and oxygen atoms in total. The van der Waals surface area contributed by atoms with Gasteiger partial charge in [0, 0.05) is 13.7 Å². The van der Waals surface area contributed by atoms with E-state index in [9.17, 15) is 17.2 Å². The van der Waals surface area contributed by atoms with Crippen molar-refractivity contribution in [2.75, 3.05) is 20.3 Å². The Kier molecular flexibility index (Phi) is 5.30. The molecule has 0 aromatic carbocycles. The molecule has 0 radical (unpaired) electrons. The molecule has 0 aliphatic carbocycles. The van der Waals surface area contributed by atoms with Crippen LogP contribution in [0.4, 0.5) is 8.78 Å². The number of methoxy groups -OCH3 is 1. The quantitative estimate of drug-likeness (QED) is 0.609. The van der Waals surface area contributed by atoms with Gasteiger partial charge in [-0.2, -0.15) is 8.78 Å². The molecule has 0 aliphatic heterocycles. The molecule has 0 aliphatic rings. The van der Waals surface area contributed by atoms with E-state index < -0.39 is 28.4 Å². The molecule has 80 valence electrons. The average Bonchev–Trinajstić information content (AvgIpc) is 2.01. The smallest absolute Gasteiger partial charge is 0.350 e. The summed E-state index contributed by atoms with van der Waals surface area (Å²) >= 11 is 0. The van der Waals surface area contributed by atoms with Gasteiger partial charge in [0.1, 0.15) is 0 Å². The largest absolute Gasteiger partial charge is 0.389 e. The van der Waals surface area contributed by atoms with Crippen molar-refractivity contribution in [1.29, 1.82) is 0 Å². The number of ether oxygens (including phenoxy) is 1. The van der Waals surface area contributed by atoms with E-state index in [-0.39, 0.29) is 6.61 Å². The summed E-state index contributed by atoms with van der Waals surface area (Å²) in [5.74, 6) is -3.48. The van der Waals surface area contributed by atoms with Crippen molar-refractivity contribution < 1.29 is 27.0 Å². The number of aliphatic hydroxyl groups excluding tert-OH is 1. The number of sulfonamides is 1. The van der Waals surface area contributed by atoms with Crippen molar-refractivity contribution in [3.8, 4) is 0 Å². The van der Waals surface area contributed by atoms with Crippen molar-refractivity contribution in [1.82, 2.24) is 4.72 Å². The lowest BCUT2D eigenvalue weighted by molar-refractivity contribution is 0.0676. The van der Waals surface area contributed by atoms with Gasteiger partial charge in [-0.1, -0.05) is 0 Å². The van der Waals surface area contributed by atoms with Crippen molar-refractivity contribution in [3.05, 3.63) is 0 Å². The highest BCUT2D eigenvalue weighted by atomic mass is 32.2. The Morgan fingerprint density at radius 1 is 1.54 bits per heavy atom. The van der Waals surface area contributed by atoms with Gasteiger partial charge < -0.3 is 9.84 Å². The van der Waals surface area contributed by atoms with E-state index in [2.05, 4.69) is 4.74 Å². The third-order valence-corrected chi connectivity index (χ3v) is 2.15. The minimum Gasteiger partial charge on any atom is -0.389 e. The molecule has 0 aromatic heterocycles. The predicted octanol–water partition coefficient (Wildman–Crippen LogP) is -0.864. The van der Waals surface area contributed by atoms with Crippen molar-refractivity contribution in [2.45, 2.75) is 11.9 Å². The minimum absolute atomic E-state index is 0.119. The Bertz CT molecular complexity index is 231. The van der Waals surface area contributed by atoms with Gasteiger partial charge in [-0.15, -0.1) is 0 Å². The summed E-state index contributed by atoms with van der Waals surface area (Å²) in [6.45, 7) is -0.605. The zero-order chi connectivity index (χ0) is 10.5. The Morgan fingerprint density at radius 3 is 2.46 bits per heavy atom. The van der Waals surface area contributed by atoms with Crippen LogP contribution >= 0.6 is 0 Å². The summed E-state index contributed by atoms with van der Waals surface area (Å²) in [6.07, 6.45) is -1.13. The van der Waals surface area contributed by atoms with E-state index >= 15 is 0 Å². The molecule has 0 aromatic rings. The molecular formula is C5H11F2NO4S. The first-order valence-corrected chi connectivity index (χ1v) is 4.88. The van der Waals surface area contributed by atoms with Crippen LogP contribution in [0.3, 0.4) is 0 Å². The highest BCUT2D eigenvalue weighted by molar-refractivity contribution is 7.89. The molecular weight excluding hydrogens is 208 g/mol. The molecule has 0 heterocycles. The van der Waals surface area contributed by atoms with Crippen molar-refractivity contribution >= 4 is 10.0 Å². The van der Waals surface area contributed by atoms with E-state index in [1.165, 1.54) is 11.8 Å². The van der Waals surface area contributed by atoms with Gasteiger partial charge >= 0.3 is 5.76 Å². The second-order valence-electron chi connectivity index (χ2n) is 2.26. The molecule has 0 saturated carbocycles. The van der Waals surface area contributed by atoms with E-state index in [0.717, 1.165) is 0 Å². The van der Waals surface area contributed by atoms with Crippen LogP contribution in [0.2, 0.25) is 0 Å². The van der Waals surface area contributed by atoms with Crippen LogP contribution < -0.4 is 4.72 Å². The third-order valence-electron chi connectivity index (χ3n) is 1.11. The lowest BCUT2D eigenvalue weighted by Crippen LogP contribution is -2.37. The van der Waals surface area contributed by atoms with Crippen LogP contribution in [0.15, 0.2) is 0 Å². The van der Waals surface area contributed by atoms with Gasteiger partial charge in [-0.25, -0.2) is 13.1 Å². The molecule has 0 bridgehead atoms. The number of rotatable bonds is 6. The molecule has 0 saturated heterocycles. The van der Waals surface area contributed by atoms with Crippen LogP contribution in [0.1, 0.15) is 0 Å². The first-order valence-electron chi connectivity index (χ1n) is 3.33. The zero-order valence-corrected chi connectivity index (χ0v) is 7.72. The average molecular weight is 219 g/mol. The number of hydrogen-bond acceptors (Lipinski definition) is 4. The van der Waals surface area contributed by atoms with Crippen LogP contribution in [0.25, 0.3) is 0 Å². The van der Waals surface area contributed by atoms with E-state index in [4.69, 9.17) is 5.11 Å². The fourth-order valence-electron chi connectivity index (χ4n) is 0.527. The second kappa shape index (κ2) is 5.43. The molecule has 0 fully saturated rings. The van der Waals surface area contributed by atoms with Gasteiger partial charge in [0.25, 0.3) is 10.0 Å². The standard InChI is InChI=1S/C5H11F2NO4S/c1-12-3-4(9)2-8-13(10,11)5(6)7/h4-5,8-9H,2-3H2,1H3. The van der Waals surface area contributed by atoms with E-state index in [1.54, 1.807) is 0 Å². The van der Waals surface area contributed by atoms with Gasteiger partial charge in [0.2, 0.25) is 0 Å². The molecule has 0 spiro atoms. The third kappa shape index (κ3) is 5.09. The van der Waals surface area contributed by atoms with Crippen LogP contribution in [0, 0.1) is 0 Å². The monoisotopic (exact) mass is 219 g/mol. The first kappa shape index (κ1) is 12.7. The molecule has 2 N–H and O–H groups in total. The Morgan fingerprint density at radius 2 is 2.08 bits per heavy atom. The normalized spacial score (nSPS) is 14.8. The SMILES string of the molecule is COCC(O)CNS(=O)(=O)C(F)F. The van der Waals surface area contributed by atoms with Gasteiger partial charge in [-0.05, 0) is 0 Å². The van der Waals surface area contributed by atoms with Gasteiger partial charge in [0.05, 0.1) is 12.7 Å². The molecule has 1 atom stereocenters. The number of aliphatic hydroxyl groups is 1. The van der Waals surface area contributed by atoms with Crippen LogP contribution in [-0.4, -0.2) is 45.6 Å². The van der Waals surface area contributed by atoms with Crippen molar-refractivity contribution in [3.63, 3.8) is 0 Å². The summed E-state index contributed by atoms with van der Waals surface area (Å²) in [5, 5.41) is 8.90. The zero-order valence-electron chi connectivity index (χ0n) is 6.91. The summed E-state index contributed by atoms with van der Waals surface area (Å²) in [6, 6.07) is 0. The Labute approximate surface area is 74.7 Å². The Hall–Kier alpha value is -0.310. The van der Waals surface area contributed by atoms with E-state index in [0.29, 0.717) is 0 Å². The Balaban J connectivity index is 3.89. The highest BCUT2D eigenvalue weighted by Gasteiger charge is 2.23. The molecule has 1 unspecified atom stereocenters. The topological polar surface area (TPSA) is 75.6 Å². The lowest BCUT2D eigenvalue weighted by atomic mass is 10.4. The lowest BCUT2D eigenvalue weighted by Gasteiger charge is -2.10. The fourth-order valence-corrected chi connectivity index (χ4v) is 1.08. The maximum atomic E-state index is 11.7. The molecule has 13 heavy (non-hydrogen) atoms. The molecule has 0 amide bonds. The predicted molar refractivity (Wildman–Crippen MR) is 40.8 cm³/mol. The van der Waals surface area contributed by atoms with Crippen LogP contribution in [0.5, 0.6) is 0 Å². The van der Waals surface area contributed by atoms with Crippen molar-refractivity contribution in [2.24, 2.45) is 0 Å². The number of hydrogen-bond donors (Lipinski definition) is 2. The number of alkyl halides is 2. The molecule has 0 rings (SSSR count). The number of nitrogens with one attached hydrogen (secondary N) is 1.